The standard InChI is InChI=1S/C12H16O4S/c1-9(2)7-17(15,16)8-10-4-3-5-11(6-10)12(13)14/h3-6,9H,7-8H2,1-2H3,(H,13,14). The van der Waals surface area contributed by atoms with Gasteiger partial charge >= 0.3 is 5.97 Å². The number of carboxylic acid groups (broad SMARTS) is 1. The Hall–Kier alpha value is -1.36. The van der Waals surface area contributed by atoms with Crippen molar-refractivity contribution < 1.29 is 18.3 Å². The largest absolute Gasteiger partial charge is 0.478 e. The van der Waals surface area contributed by atoms with E-state index in [4.69, 9.17) is 5.11 Å². The highest BCUT2D eigenvalue weighted by atomic mass is 32.2. The Morgan fingerprint density at radius 3 is 2.53 bits per heavy atom. The van der Waals surface area contributed by atoms with E-state index in [2.05, 4.69) is 0 Å². The second-order valence-electron chi connectivity index (χ2n) is 4.45. The number of aromatic carboxylic acids is 1. The second-order valence-corrected chi connectivity index (χ2v) is 6.56. The van der Waals surface area contributed by atoms with Gasteiger partial charge in [0, 0.05) is 0 Å². The van der Waals surface area contributed by atoms with Gasteiger partial charge in [0.05, 0.1) is 17.1 Å². The Bertz CT molecular complexity index is 503. The van der Waals surface area contributed by atoms with Crippen LogP contribution in [-0.4, -0.2) is 25.2 Å². The molecule has 0 amide bonds. The highest BCUT2D eigenvalue weighted by Gasteiger charge is 2.15. The molecule has 94 valence electrons. The van der Waals surface area contributed by atoms with Crippen LogP contribution >= 0.6 is 0 Å². The van der Waals surface area contributed by atoms with E-state index in [9.17, 15) is 13.2 Å². The highest BCUT2D eigenvalue weighted by molar-refractivity contribution is 7.90. The molecule has 0 fully saturated rings. The Morgan fingerprint density at radius 1 is 1.35 bits per heavy atom. The van der Waals surface area contributed by atoms with Crippen LogP contribution in [0.4, 0.5) is 0 Å². The second kappa shape index (κ2) is 5.31. The summed E-state index contributed by atoms with van der Waals surface area (Å²) in [5.74, 6) is -0.966. The van der Waals surface area contributed by atoms with E-state index in [0.717, 1.165) is 0 Å². The van der Waals surface area contributed by atoms with Crippen molar-refractivity contribution in [3.63, 3.8) is 0 Å². The summed E-state index contributed by atoms with van der Waals surface area (Å²) in [4.78, 5) is 10.7. The Morgan fingerprint density at radius 2 is 2.00 bits per heavy atom. The number of hydrogen-bond acceptors (Lipinski definition) is 3. The molecule has 0 radical (unpaired) electrons. The van der Waals surface area contributed by atoms with Gasteiger partial charge in [-0.25, -0.2) is 13.2 Å². The van der Waals surface area contributed by atoms with Gasteiger partial charge in [-0.2, -0.15) is 0 Å². The highest BCUT2D eigenvalue weighted by Crippen LogP contribution is 2.12. The monoisotopic (exact) mass is 256 g/mol. The molecule has 0 spiro atoms. The van der Waals surface area contributed by atoms with Crippen molar-refractivity contribution >= 4 is 15.8 Å². The molecule has 0 aliphatic heterocycles. The lowest BCUT2D eigenvalue weighted by atomic mass is 10.1. The third kappa shape index (κ3) is 4.56. The molecule has 0 aliphatic rings. The molecule has 0 bridgehead atoms. The van der Waals surface area contributed by atoms with E-state index >= 15 is 0 Å². The number of carboxylic acids is 1. The first-order valence-electron chi connectivity index (χ1n) is 5.33. The van der Waals surface area contributed by atoms with Gasteiger partial charge in [0.2, 0.25) is 0 Å². The summed E-state index contributed by atoms with van der Waals surface area (Å²) >= 11 is 0. The Labute approximate surface area is 101 Å². The third-order valence-corrected chi connectivity index (χ3v) is 4.10. The summed E-state index contributed by atoms with van der Waals surface area (Å²) in [6.07, 6.45) is 0. The fourth-order valence-electron chi connectivity index (χ4n) is 1.61. The number of hydrogen-bond donors (Lipinski definition) is 1. The molecule has 17 heavy (non-hydrogen) atoms. The fourth-order valence-corrected chi connectivity index (χ4v) is 3.44. The van der Waals surface area contributed by atoms with Gasteiger partial charge in [-0.05, 0) is 23.6 Å². The van der Waals surface area contributed by atoms with Crippen molar-refractivity contribution in [1.82, 2.24) is 0 Å². The third-order valence-electron chi connectivity index (χ3n) is 2.15. The van der Waals surface area contributed by atoms with E-state index in [1.807, 2.05) is 13.8 Å². The van der Waals surface area contributed by atoms with Gasteiger partial charge in [0.15, 0.2) is 9.84 Å². The maximum absolute atomic E-state index is 11.7. The first-order valence-corrected chi connectivity index (χ1v) is 7.15. The van der Waals surface area contributed by atoms with Crippen molar-refractivity contribution in [2.45, 2.75) is 19.6 Å². The van der Waals surface area contributed by atoms with Crippen molar-refractivity contribution in [1.29, 1.82) is 0 Å². The molecule has 0 heterocycles. The lowest BCUT2D eigenvalue weighted by molar-refractivity contribution is 0.0696. The van der Waals surface area contributed by atoms with Gasteiger partial charge in [0.25, 0.3) is 0 Å². The summed E-state index contributed by atoms with van der Waals surface area (Å²) in [5, 5.41) is 8.80. The lowest BCUT2D eigenvalue weighted by Gasteiger charge is -2.07. The SMILES string of the molecule is CC(C)CS(=O)(=O)Cc1cccc(C(=O)O)c1. The van der Waals surface area contributed by atoms with Gasteiger partial charge < -0.3 is 5.11 Å². The average molecular weight is 256 g/mol. The first-order chi connectivity index (χ1) is 7.80. The van der Waals surface area contributed by atoms with Gasteiger partial charge in [-0.3, -0.25) is 0 Å². The summed E-state index contributed by atoms with van der Waals surface area (Å²) in [6, 6.07) is 6.04. The van der Waals surface area contributed by atoms with Crippen LogP contribution in [0.15, 0.2) is 24.3 Å². The average Bonchev–Trinajstić information content (AvgIpc) is 2.14. The van der Waals surface area contributed by atoms with Crippen LogP contribution in [0.25, 0.3) is 0 Å². The van der Waals surface area contributed by atoms with Crippen LogP contribution in [0.2, 0.25) is 0 Å². The van der Waals surface area contributed by atoms with Crippen molar-refractivity contribution in [2.75, 3.05) is 5.75 Å². The topological polar surface area (TPSA) is 71.4 Å². The maximum Gasteiger partial charge on any atom is 0.335 e. The molecule has 0 aromatic heterocycles. The normalized spacial score (nSPS) is 11.7. The summed E-state index contributed by atoms with van der Waals surface area (Å²) < 4.78 is 23.5. The van der Waals surface area contributed by atoms with E-state index in [1.165, 1.54) is 12.1 Å². The molecule has 5 heteroatoms. The zero-order valence-corrected chi connectivity index (χ0v) is 10.7. The van der Waals surface area contributed by atoms with Crippen molar-refractivity contribution in [2.24, 2.45) is 5.92 Å². The van der Waals surface area contributed by atoms with Crippen LogP contribution in [0.1, 0.15) is 29.8 Å². The number of benzene rings is 1. The zero-order chi connectivity index (χ0) is 13.1. The van der Waals surface area contributed by atoms with Gasteiger partial charge in [-0.15, -0.1) is 0 Å². The summed E-state index contributed by atoms with van der Waals surface area (Å²) in [6.45, 7) is 3.68. The van der Waals surface area contributed by atoms with Crippen molar-refractivity contribution in [3.8, 4) is 0 Å². The van der Waals surface area contributed by atoms with E-state index < -0.39 is 15.8 Å². The molecule has 1 rings (SSSR count). The van der Waals surface area contributed by atoms with Crippen LogP contribution in [0.3, 0.4) is 0 Å². The number of sulfone groups is 1. The maximum atomic E-state index is 11.7. The minimum Gasteiger partial charge on any atom is -0.478 e. The van der Waals surface area contributed by atoms with Gasteiger partial charge in [0.1, 0.15) is 0 Å². The minimum absolute atomic E-state index is 0.0719. The van der Waals surface area contributed by atoms with Crippen LogP contribution in [0.5, 0.6) is 0 Å². The molecule has 0 saturated heterocycles. The van der Waals surface area contributed by atoms with E-state index in [-0.39, 0.29) is 23.0 Å². The molecular weight excluding hydrogens is 240 g/mol. The summed E-state index contributed by atoms with van der Waals surface area (Å²) in [5.41, 5.74) is 0.632. The summed E-state index contributed by atoms with van der Waals surface area (Å²) in [7, 11) is -3.17. The molecule has 0 aliphatic carbocycles. The molecular formula is C12H16O4S. The van der Waals surface area contributed by atoms with Gasteiger partial charge in [-0.1, -0.05) is 26.0 Å². The molecule has 1 aromatic carbocycles. The smallest absolute Gasteiger partial charge is 0.335 e. The lowest BCUT2D eigenvalue weighted by Crippen LogP contribution is -2.14. The number of carbonyl (C=O) groups is 1. The molecule has 1 aromatic rings. The molecule has 0 unspecified atom stereocenters. The van der Waals surface area contributed by atoms with Crippen LogP contribution in [0, 0.1) is 5.92 Å². The Kier molecular flexibility index (Phi) is 4.28. The molecule has 0 saturated carbocycles. The van der Waals surface area contributed by atoms with Crippen molar-refractivity contribution in [3.05, 3.63) is 35.4 Å². The predicted octanol–water partition coefficient (Wildman–Crippen LogP) is 1.96. The molecule has 0 atom stereocenters. The van der Waals surface area contributed by atoms with Crippen LogP contribution < -0.4 is 0 Å². The Balaban J connectivity index is 2.89. The van der Waals surface area contributed by atoms with E-state index in [1.54, 1.807) is 12.1 Å². The zero-order valence-electron chi connectivity index (χ0n) is 9.88. The predicted molar refractivity (Wildman–Crippen MR) is 65.7 cm³/mol. The minimum atomic E-state index is -3.17. The van der Waals surface area contributed by atoms with E-state index in [0.29, 0.717) is 5.56 Å². The fraction of sp³-hybridized carbons (Fsp3) is 0.417. The number of rotatable bonds is 5. The first kappa shape index (κ1) is 13.7. The quantitative estimate of drug-likeness (QED) is 0.874. The van der Waals surface area contributed by atoms with Crippen LogP contribution in [-0.2, 0) is 15.6 Å². The molecule has 4 nitrogen and oxygen atoms in total. The molecule has 1 N–H and O–H groups in total.